The number of rotatable bonds is 8. The highest BCUT2D eigenvalue weighted by molar-refractivity contribution is 6.04. The lowest BCUT2D eigenvalue weighted by Gasteiger charge is -2.08. The number of nitrogens with one attached hydrogen (secondary N) is 1. The molecule has 0 radical (unpaired) electrons. The zero-order chi connectivity index (χ0) is 24.0. The fourth-order valence-electron chi connectivity index (χ4n) is 3.39. The van der Waals surface area contributed by atoms with Crippen LogP contribution in [0.4, 0.5) is 5.69 Å². The molecular weight excluding hydrogens is 418 g/mol. The minimum atomic E-state index is -0.643. The van der Waals surface area contributed by atoms with E-state index >= 15 is 0 Å². The third kappa shape index (κ3) is 6.26. The maximum Gasteiger partial charge on any atom is 0.331 e. The molecule has 3 aromatic rings. The minimum Gasteiger partial charge on any atom is -0.452 e. The highest BCUT2D eigenvalue weighted by Crippen LogP contribution is 2.17. The van der Waals surface area contributed by atoms with Crippen molar-refractivity contribution < 1.29 is 19.1 Å². The first-order valence-corrected chi connectivity index (χ1v) is 10.6. The Kier molecular flexibility index (Phi) is 7.56. The lowest BCUT2D eigenvalue weighted by molar-refractivity contribution is -0.142. The van der Waals surface area contributed by atoms with Gasteiger partial charge in [-0.2, -0.15) is 5.10 Å². The lowest BCUT2D eigenvalue weighted by Crippen LogP contribution is -2.21. The van der Waals surface area contributed by atoms with Gasteiger partial charge in [0.25, 0.3) is 5.91 Å². The Hall–Kier alpha value is -4.00. The first kappa shape index (κ1) is 23.7. The predicted molar refractivity (Wildman–Crippen MR) is 127 cm³/mol. The maximum absolute atomic E-state index is 12.1. The average Bonchev–Trinajstić information content (AvgIpc) is 3.05. The van der Waals surface area contributed by atoms with Crippen LogP contribution in [-0.4, -0.2) is 34.0 Å². The number of aromatic nitrogens is 2. The van der Waals surface area contributed by atoms with Gasteiger partial charge in [-0.1, -0.05) is 42.0 Å². The van der Waals surface area contributed by atoms with Crippen LogP contribution in [0.1, 0.15) is 45.4 Å². The van der Waals surface area contributed by atoms with E-state index in [1.807, 2.05) is 25.5 Å². The van der Waals surface area contributed by atoms with E-state index < -0.39 is 18.5 Å². The summed E-state index contributed by atoms with van der Waals surface area (Å²) in [6.45, 7) is 7.46. The van der Waals surface area contributed by atoms with Crippen LogP contribution < -0.4 is 5.32 Å². The molecule has 1 N–H and O–H groups in total. The molecule has 3 rings (SSSR count). The van der Waals surface area contributed by atoms with Crippen LogP contribution in [0.5, 0.6) is 0 Å². The van der Waals surface area contributed by atoms with Crippen LogP contribution in [0.15, 0.2) is 54.6 Å². The molecule has 0 fully saturated rings. The number of hydrogen-bond acceptors (Lipinski definition) is 5. The van der Waals surface area contributed by atoms with Gasteiger partial charge in [-0.05, 0) is 51.5 Å². The third-order valence-electron chi connectivity index (χ3n) is 5.20. The molecule has 0 bridgehead atoms. The molecular formula is C26H27N3O4. The Balaban J connectivity index is 1.58. The summed E-state index contributed by atoms with van der Waals surface area (Å²) in [6.07, 6.45) is 2.93. The summed E-state index contributed by atoms with van der Waals surface area (Å²) in [7, 11) is 0. The molecule has 7 nitrogen and oxygen atoms in total. The van der Waals surface area contributed by atoms with Gasteiger partial charge in [-0.25, -0.2) is 4.79 Å². The maximum atomic E-state index is 12.1. The zero-order valence-corrected chi connectivity index (χ0v) is 19.2. The lowest BCUT2D eigenvalue weighted by atomic mass is 10.1. The molecule has 1 amide bonds. The van der Waals surface area contributed by atoms with E-state index in [2.05, 4.69) is 34.7 Å². The van der Waals surface area contributed by atoms with Crippen LogP contribution in [0, 0.1) is 20.8 Å². The zero-order valence-electron chi connectivity index (χ0n) is 19.2. The second-order valence-corrected chi connectivity index (χ2v) is 7.82. The molecule has 0 spiro atoms. The van der Waals surface area contributed by atoms with Gasteiger partial charge in [0, 0.05) is 22.9 Å². The highest BCUT2D eigenvalue weighted by Gasteiger charge is 2.12. The SMILES string of the molecule is CC(=O)c1ccccc1NC(=O)COC(=O)/C=C/c1c(C)nn(Cc2ccc(C)cc2)c1C. The van der Waals surface area contributed by atoms with Crippen molar-refractivity contribution in [3.8, 4) is 0 Å². The number of nitrogens with zero attached hydrogens (tertiary/aromatic N) is 2. The highest BCUT2D eigenvalue weighted by atomic mass is 16.5. The molecule has 2 aromatic carbocycles. The molecule has 0 aliphatic heterocycles. The fraction of sp³-hybridized carbons (Fsp3) is 0.231. The van der Waals surface area contributed by atoms with E-state index in [0.29, 0.717) is 17.8 Å². The molecule has 0 saturated heterocycles. The number of ether oxygens (including phenoxy) is 1. The number of hydrogen-bond donors (Lipinski definition) is 1. The van der Waals surface area contributed by atoms with E-state index in [4.69, 9.17) is 4.74 Å². The van der Waals surface area contributed by atoms with E-state index in [1.165, 1.54) is 18.6 Å². The second-order valence-electron chi connectivity index (χ2n) is 7.82. The summed E-state index contributed by atoms with van der Waals surface area (Å²) in [6, 6.07) is 14.9. The van der Waals surface area contributed by atoms with Gasteiger partial charge in [0.05, 0.1) is 17.9 Å². The van der Waals surface area contributed by atoms with Crippen molar-refractivity contribution in [2.24, 2.45) is 0 Å². The van der Waals surface area contributed by atoms with E-state index in [-0.39, 0.29) is 5.78 Å². The van der Waals surface area contributed by atoms with Crippen LogP contribution in [0.2, 0.25) is 0 Å². The number of Topliss-reactive ketones (excluding diaryl/α,β-unsaturated/α-hetero) is 1. The van der Waals surface area contributed by atoms with Crippen LogP contribution in [0.3, 0.4) is 0 Å². The summed E-state index contributed by atoms with van der Waals surface area (Å²) in [5.74, 6) is -1.33. The molecule has 1 heterocycles. The van der Waals surface area contributed by atoms with Gasteiger partial charge < -0.3 is 10.1 Å². The van der Waals surface area contributed by atoms with Crippen molar-refractivity contribution in [2.45, 2.75) is 34.2 Å². The number of esters is 1. The number of benzene rings is 2. The van der Waals surface area contributed by atoms with Gasteiger partial charge >= 0.3 is 5.97 Å². The van der Waals surface area contributed by atoms with Gasteiger partial charge in [0.2, 0.25) is 0 Å². The summed E-state index contributed by atoms with van der Waals surface area (Å²) < 4.78 is 6.94. The van der Waals surface area contributed by atoms with Crippen molar-refractivity contribution in [3.05, 3.63) is 88.2 Å². The molecule has 0 saturated carbocycles. The molecule has 0 aliphatic carbocycles. The van der Waals surface area contributed by atoms with Crippen molar-refractivity contribution in [1.29, 1.82) is 0 Å². The van der Waals surface area contributed by atoms with E-state index in [1.54, 1.807) is 30.3 Å². The third-order valence-corrected chi connectivity index (χ3v) is 5.20. The summed E-state index contributed by atoms with van der Waals surface area (Å²) in [5, 5.41) is 7.17. The Morgan fingerprint density at radius 2 is 1.73 bits per heavy atom. The number of carbonyl (C=O) groups excluding carboxylic acids is 3. The quantitative estimate of drug-likeness (QED) is 0.318. The number of amides is 1. The molecule has 7 heteroatoms. The normalized spacial score (nSPS) is 10.9. The molecule has 0 aliphatic rings. The van der Waals surface area contributed by atoms with Gasteiger partial charge in [-0.3, -0.25) is 14.3 Å². The smallest absolute Gasteiger partial charge is 0.331 e. The summed E-state index contributed by atoms with van der Waals surface area (Å²) in [5.41, 5.74) is 5.67. The Morgan fingerprint density at radius 1 is 1.03 bits per heavy atom. The van der Waals surface area contributed by atoms with E-state index in [0.717, 1.165) is 22.5 Å². The Bertz CT molecular complexity index is 1210. The minimum absolute atomic E-state index is 0.167. The largest absolute Gasteiger partial charge is 0.452 e. The van der Waals surface area contributed by atoms with Crippen molar-refractivity contribution >= 4 is 29.4 Å². The average molecular weight is 446 g/mol. The topological polar surface area (TPSA) is 90.3 Å². The summed E-state index contributed by atoms with van der Waals surface area (Å²) >= 11 is 0. The number of aryl methyl sites for hydroxylation is 2. The molecule has 170 valence electrons. The first-order valence-electron chi connectivity index (χ1n) is 10.6. The fourth-order valence-corrected chi connectivity index (χ4v) is 3.39. The first-order chi connectivity index (χ1) is 15.7. The van der Waals surface area contributed by atoms with Crippen LogP contribution in [-0.2, 0) is 20.9 Å². The predicted octanol–water partition coefficient (Wildman–Crippen LogP) is 4.25. The number of ketones is 1. The van der Waals surface area contributed by atoms with Crippen molar-refractivity contribution in [3.63, 3.8) is 0 Å². The van der Waals surface area contributed by atoms with Crippen molar-refractivity contribution in [2.75, 3.05) is 11.9 Å². The summed E-state index contributed by atoms with van der Waals surface area (Å²) in [4.78, 5) is 35.9. The van der Waals surface area contributed by atoms with Gasteiger partial charge in [-0.15, -0.1) is 0 Å². The van der Waals surface area contributed by atoms with Gasteiger partial charge in [0.15, 0.2) is 12.4 Å². The Morgan fingerprint density at radius 3 is 2.42 bits per heavy atom. The second kappa shape index (κ2) is 10.5. The number of para-hydroxylation sites is 1. The monoisotopic (exact) mass is 445 g/mol. The van der Waals surface area contributed by atoms with Crippen LogP contribution in [0.25, 0.3) is 6.08 Å². The molecule has 0 atom stereocenters. The van der Waals surface area contributed by atoms with E-state index in [9.17, 15) is 14.4 Å². The number of anilines is 1. The Labute approximate surface area is 193 Å². The molecule has 0 unspecified atom stereocenters. The number of carbonyl (C=O) groups is 3. The standard InChI is InChI=1S/C26H27N3O4/c1-17-9-11-21(12-10-17)15-29-19(3)22(18(2)28-29)13-14-26(32)33-16-25(31)27-24-8-6-5-7-23(24)20(4)30/h5-14H,15-16H2,1-4H3,(H,27,31)/b14-13+. The molecule has 33 heavy (non-hydrogen) atoms. The molecule has 1 aromatic heterocycles. The van der Waals surface area contributed by atoms with Gasteiger partial charge in [0.1, 0.15) is 0 Å². The van der Waals surface area contributed by atoms with Crippen molar-refractivity contribution in [1.82, 2.24) is 9.78 Å². The van der Waals surface area contributed by atoms with Crippen LogP contribution >= 0.6 is 0 Å².